The predicted molar refractivity (Wildman–Crippen MR) is 128 cm³/mol. The summed E-state index contributed by atoms with van der Waals surface area (Å²) in [6.45, 7) is 4.78. The van der Waals surface area contributed by atoms with Gasteiger partial charge in [-0.1, -0.05) is 12.7 Å². The van der Waals surface area contributed by atoms with E-state index in [-0.39, 0.29) is 23.1 Å². The first kappa shape index (κ1) is 22.6. The van der Waals surface area contributed by atoms with Gasteiger partial charge < -0.3 is 25.0 Å². The Morgan fingerprint density at radius 3 is 2.64 bits per heavy atom. The van der Waals surface area contributed by atoms with Crippen molar-refractivity contribution in [3.8, 4) is 0 Å². The first-order valence-electron chi connectivity index (χ1n) is 12.8. The average molecular weight is 502 g/mol. The highest BCUT2D eigenvalue weighted by molar-refractivity contribution is 5.80. The number of ether oxygens (including phenoxy) is 1. The van der Waals surface area contributed by atoms with Crippen LogP contribution in [0.25, 0.3) is 0 Å². The molecule has 4 atom stereocenters. The summed E-state index contributed by atoms with van der Waals surface area (Å²) in [6.07, 6.45) is 5.43. The highest BCUT2D eigenvalue weighted by atomic mass is 19.4. The van der Waals surface area contributed by atoms with E-state index in [1.807, 2.05) is 11.9 Å². The van der Waals surface area contributed by atoms with Crippen LogP contribution in [0.5, 0.6) is 0 Å². The molecule has 8 rings (SSSR count). The maximum absolute atomic E-state index is 13.9. The lowest BCUT2D eigenvalue weighted by Gasteiger charge is -2.62. The van der Waals surface area contributed by atoms with Gasteiger partial charge in [0.25, 0.3) is 0 Å². The first-order chi connectivity index (χ1) is 17.0. The van der Waals surface area contributed by atoms with Crippen LogP contribution in [0, 0.1) is 17.8 Å². The summed E-state index contributed by atoms with van der Waals surface area (Å²) in [5.74, 6) is 2.34. The van der Waals surface area contributed by atoms with E-state index in [1.54, 1.807) is 12.3 Å². The van der Waals surface area contributed by atoms with Gasteiger partial charge in [0.05, 0.1) is 29.0 Å². The zero-order chi connectivity index (χ0) is 25.0. The summed E-state index contributed by atoms with van der Waals surface area (Å²) in [6, 6.07) is 0. The highest BCUT2D eigenvalue weighted by Crippen LogP contribution is 2.62. The van der Waals surface area contributed by atoms with Crippen LogP contribution in [-0.4, -0.2) is 52.1 Å². The molecule has 0 radical (unpaired) electrons. The molecule has 5 fully saturated rings. The zero-order valence-corrected chi connectivity index (χ0v) is 20.2. The maximum Gasteiger partial charge on any atom is 0.418 e. The molecule has 2 aliphatic heterocycles. The van der Waals surface area contributed by atoms with Gasteiger partial charge in [0.15, 0.2) is 5.82 Å². The van der Waals surface area contributed by atoms with Crippen molar-refractivity contribution in [2.75, 3.05) is 28.8 Å². The Balaban J connectivity index is 1.25. The van der Waals surface area contributed by atoms with Crippen molar-refractivity contribution < 1.29 is 23.0 Å². The fourth-order valence-electron chi connectivity index (χ4n) is 8.18. The molecule has 7 nitrogen and oxygen atoms in total. The maximum atomic E-state index is 13.9. The van der Waals surface area contributed by atoms with Crippen LogP contribution in [0.1, 0.15) is 44.9 Å². The third-order valence-corrected chi connectivity index (χ3v) is 9.18. The molecule has 192 valence electrons. The van der Waals surface area contributed by atoms with Crippen LogP contribution in [0.4, 0.5) is 30.6 Å². The second-order valence-corrected chi connectivity index (χ2v) is 11.7. The molecule has 4 unspecified atom stereocenters. The largest absolute Gasteiger partial charge is 0.418 e. The number of anilines is 3. The first-order valence-corrected chi connectivity index (χ1v) is 12.8. The van der Waals surface area contributed by atoms with Crippen molar-refractivity contribution in [1.29, 1.82) is 0 Å². The number of halogens is 3. The smallest absolute Gasteiger partial charge is 0.390 e. The summed E-state index contributed by atoms with van der Waals surface area (Å²) in [7, 11) is 1.90. The number of aromatic nitrogens is 2. The van der Waals surface area contributed by atoms with E-state index in [9.17, 15) is 18.3 Å². The molecule has 10 heteroatoms. The minimum atomic E-state index is -4.53. The third-order valence-electron chi connectivity index (χ3n) is 9.18. The summed E-state index contributed by atoms with van der Waals surface area (Å²) < 4.78 is 47.2. The van der Waals surface area contributed by atoms with Crippen LogP contribution >= 0.6 is 0 Å². The van der Waals surface area contributed by atoms with E-state index in [1.165, 1.54) is 6.08 Å². The van der Waals surface area contributed by atoms with Gasteiger partial charge in [-0.3, -0.25) is 0 Å². The van der Waals surface area contributed by atoms with Gasteiger partial charge in [-0.15, -0.1) is 0 Å². The molecule has 0 spiro atoms. The molecule has 4 bridgehead atoms. The highest BCUT2D eigenvalue weighted by Gasteiger charge is 2.61. The van der Waals surface area contributed by atoms with Crippen molar-refractivity contribution >= 4 is 17.5 Å². The summed E-state index contributed by atoms with van der Waals surface area (Å²) in [4.78, 5) is 13.2. The molecule has 7 aliphatic rings. The number of rotatable bonds is 3. The van der Waals surface area contributed by atoms with Crippen molar-refractivity contribution in [2.24, 2.45) is 17.8 Å². The number of nitrogens with zero attached hydrogens (tertiary/aromatic N) is 4. The molecule has 0 amide bonds. The molecule has 4 saturated carbocycles. The normalized spacial score (nSPS) is 38.8. The minimum absolute atomic E-state index is 0.0324. The Bertz CT molecular complexity index is 1200. The number of alkyl halides is 3. The van der Waals surface area contributed by atoms with Crippen molar-refractivity contribution in [2.45, 2.75) is 68.4 Å². The van der Waals surface area contributed by atoms with Crippen LogP contribution in [0.15, 0.2) is 42.0 Å². The summed E-state index contributed by atoms with van der Waals surface area (Å²) in [5, 5.41) is 14.2. The molecule has 0 aromatic carbocycles. The van der Waals surface area contributed by atoms with Crippen LogP contribution in [0.2, 0.25) is 0 Å². The molecule has 1 saturated heterocycles. The van der Waals surface area contributed by atoms with Gasteiger partial charge in [-0.05, 0) is 62.9 Å². The Morgan fingerprint density at radius 2 is 1.94 bits per heavy atom. The number of fused-ring (bicyclic) bond motifs is 2. The summed E-state index contributed by atoms with van der Waals surface area (Å²) in [5.41, 5.74) is -0.983. The Hall–Kier alpha value is -2.59. The van der Waals surface area contributed by atoms with E-state index in [2.05, 4.69) is 21.8 Å². The molecule has 1 aromatic heterocycles. The Kier molecular flexibility index (Phi) is 4.55. The molecular weight excluding hydrogens is 471 g/mol. The predicted octanol–water partition coefficient (Wildman–Crippen LogP) is 4.49. The molecule has 3 heterocycles. The van der Waals surface area contributed by atoms with Crippen LogP contribution < -0.4 is 15.1 Å². The van der Waals surface area contributed by atoms with E-state index in [4.69, 9.17) is 9.72 Å². The van der Waals surface area contributed by atoms with Crippen molar-refractivity contribution in [1.82, 2.24) is 9.97 Å². The topological polar surface area (TPSA) is 73.8 Å². The lowest BCUT2D eigenvalue weighted by molar-refractivity contribution is -0.133. The lowest BCUT2D eigenvalue weighted by atomic mass is 9.50. The fraction of sp³-hybridized carbons (Fsp3) is 0.615. The van der Waals surface area contributed by atoms with Crippen LogP contribution in [0.3, 0.4) is 0 Å². The van der Waals surface area contributed by atoms with Gasteiger partial charge in [0, 0.05) is 25.3 Å². The van der Waals surface area contributed by atoms with E-state index < -0.39 is 23.5 Å². The monoisotopic (exact) mass is 501 g/mol. The Morgan fingerprint density at radius 1 is 1.19 bits per heavy atom. The minimum Gasteiger partial charge on any atom is -0.390 e. The quantitative estimate of drug-likeness (QED) is 0.632. The Labute approximate surface area is 207 Å². The van der Waals surface area contributed by atoms with E-state index >= 15 is 0 Å². The number of nitrogens with one attached hydrogen (secondary N) is 1. The van der Waals surface area contributed by atoms with Gasteiger partial charge in [-0.25, -0.2) is 4.98 Å². The van der Waals surface area contributed by atoms with Crippen molar-refractivity contribution in [3.63, 3.8) is 0 Å². The molecule has 5 aliphatic carbocycles. The average Bonchev–Trinajstić information content (AvgIpc) is 3.33. The van der Waals surface area contributed by atoms with Gasteiger partial charge in [0.2, 0.25) is 5.95 Å². The number of hydrogen-bond acceptors (Lipinski definition) is 7. The number of aliphatic hydroxyl groups is 1. The molecular formula is C26H30F3N5O2. The van der Waals surface area contributed by atoms with Gasteiger partial charge in [0.1, 0.15) is 11.5 Å². The van der Waals surface area contributed by atoms with Crippen molar-refractivity contribution in [3.05, 3.63) is 42.0 Å². The fourth-order valence-corrected chi connectivity index (χ4v) is 8.18. The second kappa shape index (κ2) is 7.25. The van der Waals surface area contributed by atoms with Gasteiger partial charge >= 0.3 is 6.18 Å². The zero-order valence-electron chi connectivity index (χ0n) is 20.2. The second-order valence-electron chi connectivity index (χ2n) is 11.7. The molecule has 2 N–H and O–H groups in total. The molecule has 36 heavy (non-hydrogen) atoms. The third kappa shape index (κ3) is 3.26. The number of allylic oxidation sites excluding steroid dienone is 1. The standard InChI is InChI=1S/C26H30F3N5O2/c1-14-33(2)20-12-30-23(31-19-6-17-3-4-36-21(17)7-18(19)26(27,28)29)32-22(20)34(14)24-8-15-5-16(9-24)11-25(35,10-15)13-24/h6-7,12,15-17,21,35H,1,3-5,8-11,13H2,2H3,(H,30,31,32). The van der Waals surface area contributed by atoms with Gasteiger partial charge in [-0.2, -0.15) is 18.2 Å². The van der Waals surface area contributed by atoms with E-state index in [0.29, 0.717) is 37.1 Å². The summed E-state index contributed by atoms with van der Waals surface area (Å²) >= 11 is 0. The lowest BCUT2D eigenvalue weighted by Crippen LogP contribution is -2.65. The molecule has 1 aromatic rings. The van der Waals surface area contributed by atoms with E-state index in [0.717, 1.165) is 43.6 Å². The SMILES string of the molecule is C=C1N(C)c2cnc(NC3=CC4CCOC4C=C3C(F)(F)F)nc2N1C12CC3CC(CC(O)(C3)C1)C2. The van der Waals surface area contributed by atoms with Crippen LogP contribution in [-0.2, 0) is 4.74 Å². The number of hydrogen-bond donors (Lipinski definition) is 2.